The number of aromatic nitrogens is 2. The summed E-state index contributed by atoms with van der Waals surface area (Å²) in [5.74, 6) is 0. The Bertz CT molecular complexity index is 442. The number of hydrogen-bond acceptors (Lipinski definition) is 2. The first-order chi connectivity index (χ1) is 7.78. The zero-order valence-corrected chi connectivity index (χ0v) is 9.77. The molecule has 2 rings (SSSR count). The Hall–Kier alpha value is -1.61. The van der Waals surface area contributed by atoms with Crippen molar-refractivity contribution in [1.82, 2.24) is 15.1 Å². The quantitative estimate of drug-likeness (QED) is 0.845. The van der Waals surface area contributed by atoms with Gasteiger partial charge in [0.2, 0.25) is 0 Å². The third kappa shape index (κ3) is 2.70. The molecule has 0 aliphatic heterocycles. The summed E-state index contributed by atoms with van der Waals surface area (Å²) >= 11 is 0. The highest BCUT2D eigenvalue weighted by molar-refractivity contribution is 5.21. The lowest BCUT2D eigenvalue weighted by molar-refractivity contribution is 0.685. The van der Waals surface area contributed by atoms with Crippen LogP contribution in [0.15, 0.2) is 36.7 Å². The van der Waals surface area contributed by atoms with Crippen LogP contribution >= 0.6 is 0 Å². The lowest BCUT2D eigenvalue weighted by Crippen LogP contribution is -2.04. The third-order valence-electron chi connectivity index (χ3n) is 2.53. The largest absolute Gasteiger partial charge is 0.316 e. The Balaban J connectivity index is 2.05. The smallest absolute Gasteiger partial charge is 0.0659 e. The first-order valence-electron chi connectivity index (χ1n) is 5.49. The average Bonchev–Trinajstić information content (AvgIpc) is 2.70. The van der Waals surface area contributed by atoms with Gasteiger partial charge in [-0.15, -0.1) is 0 Å². The minimum Gasteiger partial charge on any atom is -0.316 e. The Morgan fingerprint density at radius 3 is 2.62 bits per heavy atom. The number of nitrogens with zero attached hydrogens (tertiary/aromatic N) is 2. The van der Waals surface area contributed by atoms with E-state index < -0.39 is 0 Å². The maximum Gasteiger partial charge on any atom is 0.0659 e. The normalized spacial score (nSPS) is 10.6. The van der Waals surface area contributed by atoms with E-state index in [1.807, 2.05) is 17.9 Å². The lowest BCUT2D eigenvalue weighted by Gasteiger charge is -2.02. The number of nitrogens with one attached hydrogen (secondary N) is 1. The minimum atomic E-state index is 0.837. The number of hydrogen-bond donors (Lipinski definition) is 1. The monoisotopic (exact) mass is 215 g/mol. The highest BCUT2D eigenvalue weighted by Crippen LogP contribution is 2.06. The van der Waals surface area contributed by atoms with Crippen molar-refractivity contribution in [2.24, 2.45) is 0 Å². The number of aryl methyl sites for hydroxylation is 1. The van der Waals surface area contributed by atoms with Crippen LogP contribution in [0.3, 0.4) is 0 Å². The summed E-state index contributed by atoms with van der Waals surface area (Å²) in [5.41, 5.74) is 3.79. The Kier molecular flexibility index (Phi) is 3.37. The SMILES string of the molecule is CNCc1cnn(Cc2ccc(C)cc2)c1. The van der Waals surface area contributed by atoms with Gasteiger partial charge in [-0.2, -0.15) is 5.10 Å². The summed E-state index contributed by atoms with van der Waals surface area (Å²) in [6.45, 7) is 3.81. The molecule has 1 aromatic heterocycles. The first-order valence-corrected chi connectivity index (χ1v) is 5.49. The van der Waals surface area contributed by atoms with Crippen molar-refractivity contribution in [3.8, 4) is 0 Å². The van der Waals surface area contributed by atoms with Crippen molar-refractivity contribution in [1.29, 1.82) is 0 Å². The molecular weight excluding hydrogens is 198 g/mol. The van der Waals surface area contributed by atoms with E-state index in [1.165, 1.54) is 16.7 Å². The minimum absolute atomic E-state index is 0.837. The van der Waals surface area contributed by atoms with E-state index in [9.17, 15) is 0 Å². The van der Waals surface area contributed by atoms with Gasteiger partial charge in [0, 0.05) is 18.3 Å². The van der Waals surface area contributed by atoms with Crippen molar-refractivity contribution < 1.29 is 0 Å². The van der Waals surface area contributed by atoms with Crippen LogP contribution in [0.25, 0.3) is 0 Å². The molecule has 0 aliphatic carbocycles. The number of rotatable bonds is 4. The van der Waals surface area contributed by atoms with Gasteiger partial charge in [0.15, 0.2) is 0 Å². The highest BCUT2D eigenvalue weighted by Gasteiger charge is 1.98. The molecule has 0 saturated heterocycles. The Morgan fingerprint density at radius 2 is 1.94 bits per heavy atom. The average molecular weight is 215 g/mol. The van der Waals surface area contributed by atoms with Crippen LogP contribution in [-0.4, -0.2) is 16.8 Å². The second-order valence-electron chi connectivity index (χ2n) is 4.06. The summed E-state index contributed by atoms with van der Waals surface area (Å²) < 4.78 is 1.97. The van der Waals surface area contributed by atoms with E-state index >= 15 is 0 Å². The van der Waals surface area contributed by atoms with Gasteiger partial charge < -0.3 is 5.32 Å². The van der Waals surface area contributed by atoms with Gasteiger partial charge in [-0.05, 0) is 19.5 Å². The van der Waals surface area contributed by atoms with Crippen molar-refractivity contribution in [3.05, 3.63) is 53.3 Å². The Labute approximate surface area is 96.1 Å². The van der Waals surface area contributed by atoms with Crippen LogP contribution in [-0.2, 0) is 13.1 Å². The lowest BCUT2D eigenvalue weighted by atomic mass is 10.1. The molecule has 0 aliphatic rings. The summed E-state index contributed by atoms with van der Waals surface area (Å²) in [7, 11) is 1.94. The van der Waals surface area contributed by atoms with E-state index in [4.69, 9.17) is 0 Å². The summed E-state index contributed by atoms with van der Waals surface area (Å²) in [6, 6.07) is 8.56. The van der Waals surface area contributed by atoms with E-state index in [0.717, 1.165) is 13.1 Å². The van der Waals surface area contributed by atoms with Crippen molar-refractivity contribution in [3.63, 3.8) is 0 Å². The van der Waals surface area contributed by atoms with Gasteiger partial charge >= 0.3 is 0 Å². The number of benzene rings is 1. The van der Waals surface area contributed by atoms with E-state index in [-0.39, 0.29) is 0 Å². The summed E-state index contributed by atoms with van der Waals surface area (Å²) in [4.78, 5) is 0. The molecule has 0 unspecified atom stereocenters. The molecule has 0 radical (unpaired) electrons. The summed E-state index contributed by atoms with van der Waals surface area (Å²) in [6.07, 6.45) is 3.99. The van der Waals surface area contributed by atoms with Crippen LogP contribution < -0.4 is 5.32 Å². The van der Waals surface area contributed by atoms with Crippen molar-refractivity contribution >= 4 is 0 Å². The topological polar surface area (TPSA) is 29.9 Å². The molecule has 3 heteroatoms. The van der Waals surface area contributed by atoms with Crippen LogP contribution in [0.4, 0.5) is 0 Å². The zero-order valence-electron chi connectivity index (χ0n) is 9.77. The van der Waals surface area contributed by atoms with E-state index in [0.29, 0.717) is 0 Å². The Morgan fingerprint density at radius 1 is 1.19 bits per heavy atom. The van der Waals surface area contributed by atoms with E-state index in [1.54, 1.807) is 0 Å². The maximum absolute atomic E-state index is 4.33. The third-order valence-corrected chi connectivity index (χ3v) is 2.53. The molecule has 3 nitrogen and oxygen atoms in total. The zero-order chi connectivity index (χ0) is 11.4. The molecule has 0 amide bonds. The molecular formula is C13H17N3. The predicted octanol–water partition coefficient (Wildman–Crippen LogP) is 1.96. The highest BCUT2D eigenvalue weighted by atomic mass is 15.3. The molecule has 16 heavy (non-hydrogen) atoms. The molecule has 1 N–H and O–H groups in total. The van der Waals surface area contributed by atoms with Crippen LogP contribution in [0.1, 0.15) is 16.7 Å². The molecule has 84 valence electrons. The fourth-order valence-corrected chi connectivity index (χ4v) is 1.67. The van der Waals surface area contributed by atoms with Gasteiger partial charge in [-0.3, -0.25) is 4.68 Å². The fourth-order valence-electron chi connectivity index (χ4n) is 1.67. The molecule has 1 heterocycles. The summed E-state index contributed by atoms with van der Waals surface area (Å²) in [5, 5.41) is 7.44. The van der Waals surface area contributed by atoms with Gasteiger partial charge in [0.1, 0.15) is 0 Å². The van der Waals surface area contributed by atoms with Gasteiger partial charge in [0.05, 0.1) is 12.7 Å². The molecule has 0 spiro atoms. The molecule has 0 fully saturated rings. The second kappa shape index (κ2) is 4.94. The first kappa shape index (κ1) is 10.9. The van der Waals surface area contributed by atoms with Gasteiger partial charge in [-0.1, -0.05) is 29.8 Å². The van der Waals surface area contributed by atoms with Crippen LogP contribution in [0.5, 0.6) is 0 Å². The molecule has 2 aromatic rings. The van der Waals surface area contributed by atoms with Gasteiger partial charge in [-0.25, -0.2) is 0 Å². The molecule has 0 atom stereocenters. The van der Waals surface area contributed by atoms with Gasteiger partial charge in [0.25, 0.3) is 0 Å². The van der Waals surface area contributed by atoms with E-state index in [2.05, 4.69) is 47.8 Å². The standard InChI is InChI=1S/C13H17N3/c1-11-3-5-12(6-4-11)9-16-10-13(7-14-2)8-15-16/h3-6,8,10,14H,7,9H2,1-2H3. The molecule has 0 bridgehead atoms. The molecule has 0 saturated carbocycles. The van der Waals surface area contributed by atoms with Crippen LogP contribution in [0, 0.1) is 6.92 Å². The predicted molar refractivity (Wildman–Crippen MR) is 65.3 cm³/mol. The fraction of sp³-hybridized carbons (Fsp3) is 0.308. The van der Waals surface area contributed by atoms with Crippen molar-refractivity contribution in [2.75, 3.05) is 7.05 Å². The maximum atomic E-state index is 4.33. The second-order valence-corrected chi connectivity index (χ2v) is 4.06. The van der Waals surface area contributed by atoms with Crippen molar-refractivity contribution in [2.45, 2.75) is 20.0 Å². The molecule has 1 aromatic carbocycles. The van der Waals surface area contributed by atoms with Crippen LogP contribution in [0.2, 0.25) is 0 Å².